The van der Waals surface area contributed by atoms with Gasteiger partial charge < -0.3 is 15.0 Å². The number of hydrogen-bond acceptors (Lipinski definition) is 6. The summed E-state index contributed by atoms with van der Waals surface area (Å²) < 4.78 is 5.12. The molecule has 0 radical (unpaired) electrons. The zero-order valence-electron chi connectivity index (χ0n) is 16.0. The summed E-state index contributed by atoms with van der Waals surface area (Å²) in [5.74, 6) is 3.27. The Bertz CT molecular complexity index is 759. The Kier molecular flexibility index (Phi) is 6.55. The highest BCUT2D eigenvalue weighted by atomic mass is 32.2. The van der Waals surface area contributed by atoms with Crippen molar-refractivity contribution in [2.45, 2.75) is 25.3 Å². The van der Waals surface area contributed by atoms with Crippen LogP contribution in [0.5, 0.6) is 5.75 Å². The average molecular weight is 387 g/mol. The van der Waals surface area contributed by atoms with Crippen molar-refractivity contribution < 1.29 is 9.53 Å². The van der Waals surface area contributed by atoms with Crippen molar-refractivity contribution >= 4 is 29.2 Å². The molecule has 1 fully saturated rings. The molecule has 1 saturated heterocycles. The molecule has 1 aliphatic rings. The Labute approximate surface area is 164 Å². The fourth-order valence-electron chi connectivity index (χ4n) is 3.44. The van der Waals surface area contributed by atoms with Gasteiger partial charge in [-0.2, -0.15) is 0 Å². The van der Waals surface area contributed by atoms with E-state index in [1.807, 2.05) is 30.3 Å². The van der Waals surface area contributed by atoms with Crippen LogP contribution in [0.3, 0.4) is 0 Å². The molecule has 1 aromatic heterocycles. The molecule has 27 heavy (non-hydrogen) atoms. The normalized spacial score (nSPS) is 19.6. The highest BCUT2D eigenvalue weighted by molar-refractivity contribution is 7.99. The number of carbonyl (C=O) groups is 1. The maximum absolute atomic E-state index is 12.2. The minimum absolute atomic E-state index is 0.0643. The predicted molar refractivity (Wildman–Crippen MR) is 110 cm³/mol. The molecule has 3 rings (SSSR count). The summed E-state index contributed by atoms with van der Waals surface area (Å²) in [7, 11) is 1.62. The molecular formula is C20H26N4O2S. The third kappa shape index (κ3) is 5.60. The van der Waals surface area contributed by atoms with Gasteiger partial charge in [-0.05, 0) is 42.5 Å². The first kappa shape index (κ1) is 19.5. The van der Waals surface area contributed by atoms with E-state index in [4.69, 9.17) is 4.74 Å². The third-order valence-corrected chi connectivity index (χ3v) is 5.47. The van der Waals surface area contributed by atoms with E-state index in [1.54, 1.807) is 13.4 Å². The maximum Gasteiger partial charge on any atom is 0.234 e. The Balaban J connectivity index is 1.55. The minimum atomic E-state index is -0.0643. The molecule has 1 aromatic carbocycles. The summed E-state index contributed by atoms with van der Waals surface area (Å²) in [6.45, 7) is 6.60. The average Bonchev–Trinajstić information content (AvgIpc) is 2.66. The highest BCUT2D eigenvalue weighted by Gasteiger charge is 2.23. The van der Waals surface area contributed by atoms with Crippen molar-refractivity contribution in [1.82, 2.24) is 9.97 Å². The van der Waals surface area contributed by atoms with Crippen LogP contribution in [0.1, 0.15) is 20.3 Å². The molecule has 1 N–H and O–H groups in total. The van der Waals surface area contributed by atoms with Crippen molar-refractivity contribution in [2.75, 3.05) is 36.2 Å². The summed E-state index contributed by atoms with van der Waals surface area (Å²) in [5.41, 5.74) is 0.751. The highest BCUT2D eigenvalue weighted by Crippen LogP contribution is 2.27. The Morgan fingerprint density at radius 2 is 1.93 bits per heavy atom. The second kappa shape index (κ2) is 9.08. The SMILES string of the molecule is COc1ccc(NC(=O)CSc2cc(N3C[C@H](C)C[C@@H](C)C3)ncn2)cc1. The molecule has 0 saturated carbocycles. The Morgan fingerprint density at radius 3 is 2.59 bits per heavy atom. The van der Waals surface area contributed by atoms with E-state index in [9.17, 15) is 4.79 Å². The zero-order valence-corrected chi connectivity index (χ0v) is 16.8. The van der Waals surface area contributed by atoms with Crippen molar-refractivity contribution in [3.8, 4) is 5.75 Å². The molecule has 0 bridgehead atoms. The summed E-state index contributed by atoms with van der Waals surface area (Å²) in [5, 5.41) is 3.70. The monoisotopic (exact) mass is 386 g/mol. The molecule has 1 aliphatic heterocycles. The molecule has 0 spiro atoms. The van der Waals surface area contributed by atoms with E-state index >= 15 is 0 Å². The van der Waals surface area contributed by atoms with Crippen LogP contribution in [-0.2, 0) is 4.79 Å². The maximum atomic E-state index is 12.2. The fourth-order valence-corrected chi connectivity index (χ4v) is 4.10. The van der Waals surface area contributed by atoms with E-state index in [-0.39, 0.29) is 5.91 Å². The molecule has 2 heterocycles. The molecule has 2 atom stereocenters. The van der Waals surface area contributed by atoms with Gasteiger partial charge in [0.2, 0.25) is 5.91 Å². The molecule has 144 valence electrons. The lowest BCUT2D eigenvalue weighted by molar-refractivity contribution is -0.113. The van der Waals surface area contributed by atoms with Gasteiger partial charge in [0.25, 0.3) is 0 Å². The number of carbonyl (C=O) groups excluding carboxylic acids is 1. The van der Waals surface area contributed by atoms with Gasteiger partial charge in [0, 0.05) is 24.8 Å². The summed E-state index contributed by atoms with van der Waals surface area (Å²) in [6.07, 6.45) is 2.84. The first-order valence-corrected chi connectivity index (χ1v) is 10.2. The largest absolute Gasteiger partial charge is 0.497 e. The molecule has 0 aliphatic carbocycles. The van der Waals surface area contributed by atoms with Crippen LogP contribution in [0.4, 0.5) is 11.5 Å². The number of benzene rings is 1. The van der Waals surface area contributed by atoms with E-state index in [1.165, 1.54) is 18.2 Å². The van der Waals surface area contributed by atoms with Crippen LogP contribution >= 0.6 is 11.8 Å². The lowest BCUT2D eigenvalue weighted by Gasteiger charge is -2.35. The first-order valence-electron chi connectivity index (χ1n) is 9.17. The predicted octanol–water partition coefficient (Wildman–Crippen LogP) is 3.70. The molecule has 6 nitrogen and oxygen atoms in total. The van der Waals surface area contributed by atoms with Crippen LogP contribution < -0.4 is 15.0 Å². The number of methoxy groups -OCH3 is 1. The smallest absolute Gasteiger partial charge is 0.234 e. The summed E-state index contributed by atoms with van der Waals surface area (Å²) >= 11 is 1.42. The number of rotatable bonds is 6. The Morgan fingerprint density at radius 1 is 1.22 bits per heavy atom. The quantitative estimate of drug-likeness (QED) is 0.603. The van der Waals surface area contributed by atoms with Crippen LogP contribution in [-0.4, -0.2) is 41.8 Å². The lowest BCUT2D eigenvalue weighted by atomic mass is 9.92. The van der Waals surface area contributed by atoms with Crippen LogP contribution in [0, 0.1) is 11.8 Å². The van der Waals surface area contributed by atoms with Gasteiger partial charge in [0.15, 0.2) is 0 Å². The topological polar surface area (TPSA) is 67.3 Å². The number of nitrogens with zero attached hydrogens (tertiary/aromatic N) is 3. The van der Waals surface area contributed by atoms with Crippen molar-refractivity contribution in [2.24, 2.45) is 11.8 Å². The van der Waals surface area contributed by atoms with Crippen LogP contribution in [0.2, 0.25) is 0 Å². The van der Waals surface area contributed by atoms with Crippen LogP contribution in [0.25, 0.3) is 0 Å². The molecule has 1 amide bonds. The number of anilines is 2. The fraction of sp³-hybridized carbons (Fsp3) is 0.450. The number of amides is 1. The van der Waals surface area contributed by atoms with E-state index < -0.39 is 0 Å². The molecule has 0 unspecified atom stereocenters. The van der Waals surface area contributed by atoms with E-state index in [2.05, 4.69) is 34.0 Å². The van der Waals surface area contributed by atoms with Crippen molar-refractivity contribution in [3.05, 3.63) is 36.7 Å². The molecule has 7 heteroatoms. The van der Waals surface area contributed by atoms with Gasteiger partial charge in [-0.3, -0.25) is 4.79 Å². The van der Waals surface area contributed by atoms with Crippen LogP contribution in [0.15, 0.2) is 41.7 Å². The van der Waals surface area contributed by atoms with E-state index in [0.29, 0.717) is 17.6 Å². The molecular weight excluding hydrogens is 360 g/mol. The first-order chi connectivity index (χ1) is 13.0. The summed E-state index contributed by atoms with van der Waals surface area (Å²) in [6, 6.07) is 9.27. The summed E-state index contributed by atoms with van der Waals surface area (Å²) in [4.78, 5) is 23.3. The second-order valence-electron chi connectivity index (χ2n) is 7.13. The van der Waals surface area contributed by atoms with Gasteiger partial charge in [0.1, 0.15) is 22.9 Å². The third-order valence-electron chi connectivity index (χ3n) is 4.55. The van der Waals surface area contributed by atoms with Gasteiger partial charge in [-0.25, -0.2) is 9.97 Å². The van der Waals surface area contributed by atoms with Gasteiger partial charge in [-0.1, -0.05) is 25.6 Å². The van der Waals surface area contributed by atoms with Gasteiger partial charge in [0.05, 0.1) is 12.9 Å². The number of hydrogen-bond donors (Lipinski definition) is 1. The number of nitrogens with one attached hydrogen (secondary N) is 1. The van der Waals surface area contributed by atoms with Gasteiger partial charge in [-0.15, -0.1) is 0 Å². The molecule has 2 aromatic rings. The Hall–Kier alpha value is -2.28. The zero-order chi connectivity index (χ0) is 19.2. The van der Waals surface area contributed by atoms with Crippen molar-refractivity contribution in [1.29, 1.82) is 0 Å². The minimum Gasteiger partial charge on any atom is -0.497 e. The van der Waals surface area contributed by atoms with Crippen molar-refractivity contribution in [3.63, 3.8) is 0 Å². The standard InChI is InChI=1S/C20H26N4O2S/c1-14-8-15(2)11-24(10-14)18-9-20(22-13-21-18)27-12-19(25)23-16-4-6-17(26-3)7-5-16/h4-7,9,13-15H,8,10-12H2,1-3H3,(H,23,25)/t14-,15-/m1/s1. The van der Waals surface area contributed by atoms with E-state index in [0.717, 1.165) is 35.4 Å². The number of aromatic nitrogens is 2. The number of thioether (sulfide) groups is 1. The van der Waals surface area contributed by atoms with Gasteiger partial charge >= 0.3 is 0 Å². The lowest BCUT2D eigenvalue weighted by Crippen LogP contribution is -2.39. The number of piperidine rings is 1. The second-order valence-corrected chi connectivity index (χ2v) is 8.13. The number of ether oxygens (including phenoxy) is 1.